The molecule has 1 aliphatic rings. The Labute approximate surface area is 72.7 Å². The minimum absolute atomic E-state index is 0.440. The van der Waals surface area contributed by atoms with Crippen LogP contribution < -0.4 is 5.32 Å². The second-order valence-electron chi connectivity index (χ2n) is 2.86. The Kier molecular flexibility index (Phi) is 3.10. The van der Waals surface area contributed by atoms with Crippen LogP contribution in [0.2, 0.25) is 0 Å². The first-order valence-electron chi connectivity index (χ1n) is 4.00. The van der Waals surface area contributed by atoms with Gasteiger partial charge in [0.05, 0.1) is 12.6 Å². The first-order valence-corrected chi connectivity index (χ1v) is 4.00. The Bertz CT molecular complexity index is 218. The normalized spacial score (nSPS) is 20.8. The summed E-state index contributed by atoms with van der Waals surface area (Å²) in [5.74, 6) is 2.47. The lowest BCUT2D eigenvalue weighted by molar-refractivity contribution is 0.0594. The molecule has 0 spiro atoms. The van der Waals surface area contributed by atoms with Crippen molar-refractivity contribution in [2.45, 2.75) is 18.4 Å². The number of rotatable bonds is 2. The molecular weight excluding hydrogens is 152 g/mol. The van der Waals surface area contributed by atoms with Crippen molar-refractivity contribution in [2.75, 3.05) is 19.8 Å². The molecule has 12 heavy (non-hydrogen) atoms. The fourth-order valence-corrected chi connectivity index (χ4v) is 1.27. The van der Waals surface area contributed by atoms with Gasteiger partial charge in [-0.15, -0.1) is 6.42 Å². The number of nitrogens with zero attached hydrogens (tertiary/aromatic N) is 1. The maximum absolute atomic E-state index is 8.93. The SMILES string of the molecule is C#CCNC1(C#N)CCOCC1. The maximum Gasteiger partial charge on any atom is 0.111 e. The van der Waals surface area contributed by atoms with E-state index in [1.165, 1.54) is 0 Å². The van der Waals surface area contributed by atoms with Crippen molar-refractivity contribution >= 4 is 0 Å². The van der Waals surface area contributed by atoms with E-state index in [0.717, 1.165) is 12.8 Å². The van der Waals surface area contributed by atoms with Gasteiger partial charge in [-0.05, 0) is 0 Å². The molecule has 0 saturated carbocycles. The van der Waals surface area contributed by atoms with Crippen molar-refractivity contribution in [3.05, 3.63) is 0 Å². The third-order valence-electron chi connectivity index (χ3n) is 2.09. The van der Waals surface area contributed by atoms with E-state index >= 15 is 0 Å². The van der Waals surface area contributed by atoms with Gasteiger partial charge in [0.2, 0.25) is 0 Å². The van der Waals surface area contributed by atoms with E-state index in [4.69, 9.17) is 16.4 Å². The summed E-state index contributed by atoms with van der Waals surface area (Å²) in [7, 11) is 0. The summed E-state index contributed by atoms with van der Waals surface area (Å²) in [5, 5.41) is 12.0. The van der Waals surface area contributed by atoms with Gasteiger partial charge in [-0.2, -0.15) is 5.26 Å². The molecule has 0 atom stereocenters. The number of hydrogen-bond donors (Lipinski definition) is 1. The highest BCUT2D eigenvalue weighted by Gasteiger charge is 2.31. The lowest BCUT2D eigenvalue weighted by Gasteiger charge is -2.30. The first-order chi connectivity index (χ1) is 5.83. The van der Waals surface area contributed by atoms with E-state index in [2.05, 4.69) is 17.3 Å². The summed E-state index contributed by atoms with van der Waals surface area (Å²) in [5.41, 5.74) is -0.440. The fraction of sp³-hybridized carbons (Fsp3) is 0.667. The van der Waals surface area contributed by atoms with Crippen LogP contribution in [0.4, 0.5) is 0 Å². The summed E-state index contributed by atoms with van der Waals surface area (Å²) >= 11 is 0. The molecule has 64 valence electrons. The molecule has 0 aromatic rings. The van der Waals surface area contributed by atoms with Crippen LogP contribution in [0.15, 0.2) is 0 Å². The molecule has 1 aliphatic heterocycles. The minimum Gasteiger partial charge on any atom is -0.381 e. The van der Waals surface area contributed by atoms with Crippen LogP contribution in [0.5, 0.6) is 0 Å². The first kappa shape index (κ1) is 9.06. The zero-order valence-corrected chi connectivity index (χ0v) is 6.97. The van der Waals surface area contributed by atoms with Crippen molar-refractivity contribution in [3.63, 3.8) is 0 Å². The number of hydrogen-bond acceptors (Lipinski definition) is 3. The second-order valence-corrected chi connectivity index (χ2v) is 2.86. The fourth-order valence-electron chi connectivity index (χ4n) is 1.27. The van der Waals surface area contributed by atoms with Gasteiger partial charge in [0.1, 0.15) is 5.54 Å². The largest absolute Gasteiger partial charge is 0.381 e. The molecule has 3 heteroatoms. The van der Waals surface area contributed by atoms with Gasteiger partial charge in [0.15, 0.2) is 0 Å². The maximum atomic E-state index is 8.93. The van der Waals surface area contributed by atoms with Gasteiger partial charge < -0.3 is 4.74 Å². The van der Waals surface area contributed by atoms with E-state index in [0.29, 0.717) is 19.8 Å². The summed E-state index contributed by atoms with van der Waals surface area (Å²) in [4.78, 5) is 0. The summed E-state index contributed by atoms with van der Waals surface area (Å²) < 4.78 is 5.16. The van der Waals surface area contributed by atoms with Gasteiger partial charge in [-0.25, -0.2) is 0 Å². The van der Waals surface area contributed by atoms with Crippen LogP contribution in [-0.4, -0.2) is 25.3 Å². The van der Waals surface area contributed by atoms with E-state index in [1.54, 1.807) is 0 Å². The molecule has 0 radical (unpaired) electrons. The zero-order chi connectivity index (χ0) is 8.86. The number of nitriles is 1. The lowest BCUT2D eigenvalue weighted by Crippen LogP contribution is -2.48. The molecule has 0 aliphatic carbocycles. The average Bonchev–Trinajstić information content (AvgIpc) is 2.16. The summed E-state index contributed by atoms with van der Waals surface area (Å²) in [6, 6.07) is 2.27. The molecule has 1 rings (SSSR count). The van der Waals surface area contributed by atoms with Crippen LogP contribution in [-0.2, 0) is 4.74 Å². The van der Waals surface area contributed by atoms with Gasteiger partial charge in [0, 0.05) is 26.1 Å². The number of terminal acetylenes is 1. The summed E-state index contributed by atoms with van der Waals surface area (Å²) in [6.45, 7) is 1.74. The lowest BCUT2D eigenvalue weighted by atomic mass is 9.92. The molecule has 0 aromatic heterocycles. The third kappa shape index (κ3) is 1.98. The number of ether oxygens (including phenoxy) is 1. The van der Waals surface area contributed by atoms with Gasteiger partial charge in [0.25, 0.3) is 0 Å². The van der Waals surface area contributed by atoms with Crippen LogP contribution in [0.25, 0.3) is 0 Å². The smallest absolute Gasteiger partial charge is 0.111 e. The van der Waals surface area contributed by atoms with Crippen LogP contribution in [0.1, 0.15) is 12.8 Å². The molecule has 1 saturated heterocycles. The molecular formula is C9H12N2O. The monoisotopic (exact) mass is 164 g/mol. The second kappa shape index (κ2) is 4.11. The summed E-state index contributed by atoms with van der Waals surface area (Å²) in [6.07, 6.45) is 6.56. The van der Waals surface area contributed by atoms with Crippen LogP contribution in [0, 0.1) is 23.7 Å². The molecule has 0 unspecified atom stereocenters. The third-order valence-corrected chi connectivity index (χ3v) is 2.09. The Hall–Kier alpha value is -1.03. The zero-order valence-electron chi connectivity index (χ0n) is 6.97. The van der Waals surface area contributed by atoms with Crippen LogP contribution >= 0.6 is 0 Å². The molecule has 0 amide bonds. The Morgan fingerprint density at radius 2 is 2.17 bits per heavy atom. The van der Waals surface area contributed by atoms with Gasteiger partial charge in [-0.1, -0.05) is 5.92 Å². The molecule has 1 heterocycles. The Morgan fingerprint density at radius 1 is 1.50 bits per heavy atom. The predicted octanol–water partition coefficient (Wildman–Crippen LogP) is 0.282. The van der Waals surface area contributed by atoms with Crippen molar-refractivity contribution in [1.29, 1.82) is 5.26 Å². The standard InChI is InChI=1S/C9H12N2O/c1-2-5-11-9(8-10)3-6-12-7-4-9/h1,11H,3-7H2. The topological polar surface area (TPSA) is 45.0 Å². The van der Waals surface area contributed by atoms with E-state index in [9.17, 15) is 0 Å². The van der Waals surface area contributed by atoms with Crippen molar-refractivity contribution in [3.8, 4) is 18.4 Å². The highest BCUT2D eigenvalue weighted by atomic mass is 16.5. The van der Waals surface area contributed by atoms with Gasteiger partial charge in [-0.3, -0.25) is 5.32 Å². The molecule has 1 fully saturated rings. The quantitative estimate of drug-likeness (QED) is 0.596. The number of nitrogens with one attached hydrogen (secondary N) is 1. The minimum atomic E-state index is -0.440. The van der Waals surface area contributed by atoms with E-state index in [-0.39, 0.29) is 0 Å². The van der Waals surface area contributed by atoms with Crippen molar-refractivity contribution in [1.82, 2.24) is 5.32 Å². The highest BCUT2D eigenvalue weighted by molar-refractivity contribution is 5.10. The van der Waals surface area contributed by atoms with E-state index < -0.39 is 5.54 Å². The van der Waals surface area contributed by atoms with E-state index in [1.807, 2.05) is 0 Å². The van der Waals surface area contributed by atoms with Crippen LogP contribution in [0.3, 0.4) is 0 Å². The molecule has 0 aromatic carbocycles. The Morgan fingerprint density at radius 3 is 2.67 bits per heavy atom. The van der Waals surface area contributed by atoms with Crippen molar-refractivity contribution in [2.24, 2.45) is 0 Å². The highest BCUT2D eigenvalue weighted by Crippen LogP contribution is 2.18. The molecule has 3 nitrogen and oxygen atoms in total. The molecule has 0 bridgehead atoms. The predicted molar refractivity (Wildman–Crippen MR) is 45.2 cm³/mol. The van der Waals surface area contributed by atoms with Gasteiger partial charge >= 0.3 is 0 Å². The van der Waals surface area contributed by atoms with Crippen molar-refractivity contribution < 1.29 is 4.74 Å². The average molecular weight is 164 g/mol. The molecule has 1 N–H and O–H groups in total. The Balaban J connectivity index is 2.51.